The normalized spacial score (nSPS) is 22.6. The summed E-state index contributed by atoms with van der Waals surface area (Å²) in [6, 6.07) is 0.0681. The van der Waals surface area contributed by atoms with E-state index in [9.17, 15) is 8.42 Å². The van der Waals surface area contributed by atoms with Crippen LogP contribution in [0.2, 0.25) is 0 Å². The van der Waals surface area contributed by atoms with Crippen molar-refractivity contribution in [3.05, 3.63) is 0 Å². The number of nitrogens with one attached hydrogen (secondary N) is 1. The summed E-state index contributed by atoms with van der Waals surface area (Å²) in [5, 5.41) is 3.41. The average molecular weight is 320 g/mol. The fourth-order valence-electron chi connectivity index (χ4n) is 2.90. The van der Waals surface area contributed by atoms with Crippen LogP contribution in [0, 0.1) is 5.92 Å². The van der Waals surface area contributed by atoms with E-state index in [1.54, 1.807) is 15.7 Å². The van der Waals surface area contributed by atoms with Gasteiger partial charge in [0, 0.05) is 26.2 Å². The number of nitrogens with zero attached hydrogens (tertiary/aromatic N) is 2. The highest BCUT2D eigenvalue weighted by Crippen LogP contribution is 2.22. The van der Waals surface area contributed by atoms with Crippen molar-refractivity contribution in [2.45, 2.75) is 58.9 Å². The van der Waals surface area contributed by atoms with Gasteiger partial charge in [-0.15, -0.1) is 0 Å². The molecule has 126 valence electrons. The van der Waals surface area contributed by atoms with Crippen LogP contribution >= 0.6 is 0 Å². The number of rotatable bonds is 9. The van der Waals surface area contributed by atoms with Gasteiger partial charge in [-0.3, -0.25) is 0 Å². The third kappa shape index (κ3) is 5.51. The predicted molar refractivity (Wildman–Crippen MR) is 88.5 cm³/mol. The molecule has 2 atom stereocenters. The van der Waals surface area contributed by atoms with Crippen LogP contribution in [0.15, 0.2) is 0 Å². The molecule has 0 aliphatic carbocycles. The zero-order chi connectivity index (χ0) is 15.9. The summed E-state index contributed by atoms with van der Waals surface area (Å²) in [7, 11) is -1.59. The first kappa shape index (κ1) is 18.9. The summed E-state index contributed by atoms with van der Waals surface area (Å²) in [5.41, 5.74) is 0. The Morgan fingerprint density at radius 2 is 2.05 bits per heavy atom. The molecule has 0 bridgehead atoms. The lowest BCUT2D eigenvalue weighted by atomic mass is 10.00. The smallest absolute Gasteiger partial charge is 0.281 e. The van der Waals surface area contributed by atoms with Crippen LogP contribution < -0.4 is 5.32 Å². The van der Waals surface area contributed by atoms with Crippen molar-refractivity contribution in [1.29, 1.82) is 0 Å². The maximum Gasteiger partial charge on any atom is 0.281 e. The molecule has 0 spiro atoms. The minimum atomic E-state index is -3.31. The minimum absolute atomic E-state index is 0.0681. The Labute approximate surface area is 131 Å². The largest absolute Gasteiger partial charge is 0.316 e. The second-order valence-electron chi connectivity index (χ2n) is 6.23. The monoisotopic (exact) mass is 319 g/mol. The molecule has 6 heteroatoms. The summed E-state index contributed by atoms with van der Waals surface area (Å²) in [4.78, 5) is 0. The highest BCUT2D eigenvalue weighted by Gasteiger charge is 2.33. The van der Waals surface area contributed by atoms with Crippen LogP contribution in [0.1, 0.15) is 52.9 Å². The molecule has 1 heterocycles. The van der Waals surface area contributed by atoms with Gasteiger partial charge in [-0.1, -0.05) is 20.3 Å². The third-order valence-corrected chi connectivity index (χ3v) is 6.43. The molecule has 0 aromatic heterocycles. The van der Waals surface area contributed by atoms with Crippen molar-refractivity contribution in [3.63, 3.8) is 0 Å². The van der Waals surface area contributed by atoms with E-state index in [1.165, 1.54) is 0 Å². The minimum Gasteiger partial charge on any atom is -0.316 e. The summed E-state index contributed by atoms with van der Waals surface area (Å²) in [5.74, 6) is 0.440. The summed E-state index contributed by atoms with van der Waals surface area (Å²) >= 11 is 0. The molecule has 0 aromatic carbocycles. The lowest BCUT2D eigenvalue weighted by molar-refractivity contribution is 0.237. The summed E-state index contributed by atoms with van der Waals surface area (Å²) in [6.45, 7) is 9.48. The van der Waals surface area contributed by atoms with Crippen LogP contribution in [-0.2, 0) is 10.2 Å². The van der Waals surface area contributed by atoms with Crippen LogP contribution in [0.25, 0.3) is 0 Å². The molecule has 0 aromatic rings. The molecule has 1 aliphatic heterocycles. The highest BCUT2D eigenvalue weighted by atomic mass is 32.2. The van der Waals surface area contributed by atoms with Crippen molar-refractivity contribution < 1.29 is 8.42 Å². The van der Waals surface area contributed by atoms with Crippen molar-refractivity contribution in [3.8, 4) is 0 Å². The first-order valence-corrected chi connectivity index (χ1v) is 9.76. The van der Waals surface area contributed by atoms with Crippen LogP contribution in [0.3, 0.4) is 0 Å². The molecule has 0 saturated carbocycles. The van der Waals surface area contributed by atoms with E-state index in [2.05, 4.69) is 19.2 Å². The lowest BCUT2D eigenvalue weighted by Gasteiger charge is -2.36. The Hall–Kier alpha value is -0.170. The van der Waals surface area contributed by atoms with E-state index >= 15 is 0 Å². The zero-order valence-electron chi connectivity index (χ0n) is 14.1. The van der Waals surface area contributed by atoms with Crippen molar-refractivity contribution >= 4 is 10.2 Å². The van der Waals surface area contributed by atoms with Crippen LogP contribution in [-0.4, -0.2) is 56.3 Å². The van der Waals surface area contributed by atoms with Gasteiger partial charge in [0.1, 0.15) is 0 Å². The Morgan fingerprint density at radius 3 is 2.67 bits per heavy atom. The zero-order valence-corrected chi connectivity index (χ0v) is 15.0. The van der Waals surface area contributed by atoms with E-state index in [1.807, 2.05) is 6.92 Å². The Kier molecular flexibility index (Phi) is 8.16. The van der Waals surface area contributed by atoms with E-state index in [0.717, 1.165) is 45.2 Å². The SMILES string of the molecule is CCCNCC1CCCN(S(=O)(=O)N(C)C(C)CCC)C1. The molecular formula is C15H33N3O2S. The first-order chi connectivity index (χ1) is 9.93. The Balaban J connectivity index is 2.61. The molecule has 1 saturated heterocycles. The Bertz CT molecular complexity index is 386. The second kappa shape index (κ2) is 9.08. The molecule has 0 amide bonds. The van der Waals surface area contributed by atoms with Gasteiger partial charge in [0.05, 0.1) is 0 Å². The van der Waals surface area contributed by atoms with Gasteiger partial charge in [-0.05, 0) is 51.6 Å². The van der Waals surface area contributed by atoms with Crippen molar-refractivity contribution in [2.75, 3.05) is 33.2 Å². The fourth-order valence-corrected chi connectivity index (χ4v) is 4.58. The molecule has 1 aliphatic rings. The highest BCUT2D eigenvalue weighted by molar-refractivity contribution is 7.86. The van der Waals surface area contributed by atoms with Crippen LogP contribution in [0.5, 0.6) is 0 Å². The standard InChI is InChI=1S/C15H33N3O2S/c1-5-8-14(3)17(4)21(19,20)18-11-7-9-15(13-18)12-16-10-6-2/h14-16H,5-13H2,1-4H3. The van der Waals surface area contributed by atoms with Gasteiger partial charge in [-0.2, -0.15) is 17.0 Å². The molecule has 1 fully saturated rings. The molecule has 5 nitrogen and oxygen atoms in total. The molecule has 21 heavy (non-hydrogen) atoms. The van der Waals surface area contributed by atoms with E-state index in [0.29, 0.717) is 19.0 Å². The summed E-state index contributed by atoms with van der Waals surface area (Å²) < 4.78 is 28.7. The van der Waals surface area contributed by atoms with E-state index in [-0.39, 0.29) is 6.04 Å². The lowest BCUT2D eigenvalue weighted by Crippen LogP contribution is -2.50. The average Bonchev–Trinajstić information content (AvgIpc) is 2.47. The maximum atomic E-state index is 12.7. The van der Waals surface area contributed by atoms with Crippen molar-refractivity contribution in [1.82, 2.24) is 13.9 Å². The van der Waals surface area contributed by atoms with Gasteiger partial charge in [0.2, 0.25) is 0 Å². The predicted octanol–water partition coefficient (Wildman–Crippen LogP) is 2.06. The summed E-state index contributed by atoms with van der Waals surface area (Å²) in [6.07, 6.45) is 5.12. The maximum absolute atomic E-state index is 12.7. The topological polar surface area (TPSA) is 52.7 Å². The van der Waals surface area contributed by atoms with Crippen molar-refractivity contribution in [2.24, 2.45) is 5.92 Å². The number of hydrogen-bond acceptors (Lipinski definition) is 3. The molecular weight excluding hydrogens is 286 g/mol. The number of hydrogen-bond donors (Lipinski definition) is 1. The first-order valence-electron chi connectivity index (χ1n) is 8.37. The molecule has 2 unspecified atom stereocenters. The van der Waals surface area contributed by atoms with Gasteiger partial charge >= 0.3 is 0 Å². The molecule has 1 rings (SSSR count). The molecule has 1 N–H and O–H groups in total. The van der Waals surface area contributed by atoms with Gasteiger partial charge in [0.15, 0.2) is 0 Å². The number of piperidine rings is 1. The second-order valence-corrected chi connectivity index (χ2v) is 8.22. The van der Waals surface area contributed by atoms with Gasteiger partial charge in [0.25, 0.3) is 10.2 Å². The van der Waals surface area contributed by atoms with Gasteiger partial charge < -0.3 is 5.32 Å². The quantitative estimate of drug-likeness (QED) is 0.662. The fraction of sp³-hybridized carbons (Fsp3) is 1.00. The van der Waals surface area contributed by atoms with E-state index < -0.39 is 10.2 Å². The third-order valence-electron chi connectivity index (χ3n) is 4.36. The van der Waals surface area contributed by atoms with Gasteiger partial charge in [-0.25, -0.2) is 0 Å². The molecule has 0 radical (unpaired) electrons. The van der Waals surface area contributed by atoms with E-state index in [4.69, 9.17) is 0 Å². The Morgan fingerprint density at radius 1 is 1.33 bits per heavy atom. The van der Waals surface area contributed by atoms with Crippen LogP contribution in [0.4, 0.5) is 0 Å².